The lowest BCUT2D eigenvalue weighted by molar-refractivity contribution is 0.587. The molecule has 0 amide bonds. The minimum absolute atomic E-state index is 0.0612. The minimum Gasteiger partial charge on any atom is -0.367 e. The van der Waals surface area contributed by atoms with Crippen molar-refractivity contribution in [2.24, 2.45) is 0 Å². The normalized spacial score (nSPS) is 11.3. The van der Waals surface area contributed by atoms with Gasteiger partial charge in [-0.2, -0.15) is 4.98 Å². The van der Waals surface area contributed by atoms with E-state index in [0.29, 0.717) is 24.2 Å². The number of pyridine rings is 1. The SMILES string of the molecule is CNS(=O)(=O)c1cc(Nc2ncc(F)c(NCCc3ccc(-c4ccncc4)cc3)n2)ccc1C. The number of halogens is 1. The Kier molecular flexibility index (Phi) is 7.33. The van der Waals surface area contributed by atoms with Crippen molar-refractivity contribution in [2.45, 2.75) is 18.2 Å². The zero-order valence-electron chi connectivity index (χ0n) is 19.3. The van der Waals surface area contributed by atoms with Gasteiger partial charge in [0, 0.05) is 24.6 Å². The molecule has 2 heterocycles. The summed E-state index contributed by atoms with van der Waals surface area (Å²) in [5, 5.41) is 5.95. The van der Waals surface area contributed by atoms with Gasteiger partial charge in [0.25, 0.3) is 0 Å². The fraction of sp³-hybridized carbons (Fsp3) is 0.160. The third kappa shape index (κ3) is 5.97. The summed E-state index contributed by atoms with van der Waals surface area (Å²) in [5.74, 6) is -0.371. The van der Waals surface area contributed by atoms with Gasteiger partial charge >= 0.3 is 0 Å². The summed E-state index contributed by atoms with van der Waals surface area (Å²) in [5.41, 5.74) is 4.36. The van der Waals surface area contributed by atoms with Crippen LogP contribution in [-0.4, -0.2) is 37.0 Å². The van der Waals surface area contributed by atoms with Crippen molar-refractivity contribution in [3.63, 3.8) is 0 Å². The van der Waals surface area contributed by atoms with E-state index in [1.54, 1.807) is 31.5 Å². The van der Waals surface area contributed by atoms with Gasteiger partial charge < -0.3 is 10.6 Å². The summed E-state index contributed by atoms with van der Waals surface area (Å²) in [6, 6.07) is 16.9. The highest BCUT2D eigenvalue weighted by atomic mass is 32.2. The number of aryl methyl sites for hydroxylation is 1. The molecular formula is C25H25FN6O2S. The Bertz CT molecular complexity index is 1410. The molecule has 0 aliphatic rings. The lowest BCUT2D eigenvalue weighted by Gasteiger charge is -2.12. The van der Waals surface area contributed by atoms with Gasteiger partial charge in [-0.25, -0.2) is 22.5 Å². The van der Waals surface area contributed by atoms with Crippen molar-refractivity contribution in [1.29, 1.82) is 0 Å². The van der Waals surface area contributed by atoms with Crippen LogP contribution >= 0.6 is 0 Å². The van der Waals surface area contributed by atoms with Crippen LogP contribution in [0.4, 0.5) is 21.8 Å². The van der Waals surface area contributed by atoms with Gasteiger partial charge in [0.15, 0.2) is 11.6 Å². The molecule has 4 aromatic rings. The van der Waals surface area contributed by atoms with Crippen molar-refractivity contribution < 1.29 is 12.8 Å². The second kappa shape index (κ2) is 10.6. The number of aromatic nitrogens is 3. The highest BCUT2D eigenvalue weighted by Gasteiger charge is 2.16. The van der Waals surface area contributed by atoms with E-state index in [4.69, 9.17) is 0 Å². The molecule has 3 N–H and O–H groups in total. The summed E-state index contributed by atoms with van der Waals surface area (Å²) in [6.07, 6.45) is 5.26. The number of sulfonamides is 1. The van der Waals surface area contributed by atoms with Crippen molar-refractivity contribution in [3.8, 4) is 11.1 Å². The largest absolute Gasteiger partial charge is 0.367 e. The molecule has 0 saturated carbocycles. The van der Waals surface area contributed by atoms with Gasteiger partial charge in [-0.15, -0.1) is 0 Å². The molecule has 0 fully saturated rings. The fourth-order valence-electron chi connectivity index (χ4n) is 3.49. The first-order valence-corrected chi connectivity index (χ1v) is 12.4. The van der Waals surface area contributed by atoms with Gasteiger partial charge in [0.2, 0.25) is 16.0 Å². The summed E-state index contributed by atoms with van der Waals surface area (Å²) in [7, 11) is -2.27. The lowest BCUT2D eigenvalue weighted by Crippen LogP contribution is -2.19. The third-order valence-electron chi connectivity index (χ3n) is 5.42. The Hall–Kier alpha value is -3.89. The van der Waals surface area contributed by atoms with Gasteiger partial charge in [0.1, 0.15) is 0 Å². The topological polar surface area (TPSA) is 109 Å². The highest BCUT2D eigenvalue weighted by Crippen LogP contribution is 2.23. The second-order valence-corrected chi connectivity index (χ2v) is 9.67. The van der Waals surface area contributed by atoms with Crippen molar-refractivity contribution >= 4 is 27.5 Å². The van der Waals surface area contributed by atoms with Crippen molar-refractivity contribution in [1.82, 2.24) is 19.7 Å². The summed E-state index contributed by atoms with van der Waals surface area (Å²) in [6.45, 7) is 2.17. The summed E-state index contributed by atoms with van der Waals surface area (Å²) < 4.78 is 41.0. The average molecular weight is 493 g/mol. The average Bonchev–Trinajstić information content (AvgIpc) is 2.88. The molecule has 0 aliphatic carbocycles. The molecule has 4 rings (SSSR count). The van der Waals surface area contributed by atoms with Crippen LogP contribution in [0.1, 0.15) is 11.1 Å². The van der Waals surface area contributed by atoms with Gasteiger partial charge in [0.05, 0.1) is 11.1 Å². The number of anilines is 3. The molecule has 2 aromatic carbocycles. The molecule has 0 unspecified atom stereocenters. The van der Waals surface area contributed by atoms with Gasteiger partial charge in [-0.05, 0) is 66.9 Å². The lowest BCUT2D eigenvalue weighted by atomic mass is 10.0. The number of benzene rings is 2. The Morgan fingerprint density at radius 3 is 2.40 bits per heavy atom. The van der Waals surface area contributed by atoms with Crippen LogP contribution in [0.2, 0.25) is 0 Å². The maximum atomic E-state index is 14.3. The van der Waals surface area contributed by atoms with Crippen LogP contribution in [0.15, 0.2) is 78.1 Å². The standard InChI is InChI=1S/C25H25FN6O2S/c1-17-3-8-21(15-23(17)35(33,34)27-2)31-25-30-16-22(26)24(32-25)29-14-9-18-4-6-19(7-5-18)20-10-12-28-13-11-20/h3-8,10-13,15-16,27H,9,14H2,1-2H3,(H2,29,30,31,32). The predicted molar refractivity (Wildman–Crippen MR) is 135 cm³/mol. The Morgan fingerprint density at radius 2 is 1.69 bits per heavy atom. The maximum absolute atomic E-state index is 14.3. The first kappa shape index (κ1) is 24.2. The first-order chi connectivity index (χ1) is 16.9. The molecule has 0 atom stereocenters. The Labute approximate surface area is 203 Å². The van der Waals surface area contributed by atoms with Crippen molar-refractivity contribution in [2.75, 3.05) is 24.2 Å². The van der Waals surface area contributed by atoms with Crippen LogP contribution in [-0.2, 0) is 16.4 Å². The number of nitrogens with zero attached hydrogens (tertiary/aromatic N) is 3. The van der Waals surface area contributed by atoms with E-state index in [-0.39, 0.29) is 16.7 Å². The number of hydrogen-bond acceptors (Lipinski definition) is 7. The molecule has 10 heteroatoms. The molecule has 8 nitrogen and oxygen atoms in total. The Morgan fingerprint density at radius 1 is 0.971 bits per heavy atom. The van der Waals surface area contributed by atoms with E-state index in [0.717, 1.165) is 22.9 Å². The molecule has 0 radical (unpaired) electrons. The molecular weight excluding hydrogens is 467 g/mol. The molecule has 0 aliphatic heterocycles. The van der Waals surface area contributed by atoms with Crippen LogP contribution in [0.5, 0.6) is 0 Å². The van der Waals surface area contributed by atoms with E-state index in [1.165, 1.54) is 13.1 Å². The maximum Gasteiger partial charge on any atom is 0.240 e. The van der Waals surface area contributed by atoms with Gasteiger partial charge in [-0.1, -0.05) is 30.3 Å². The van der Waals surface area contributed by atoms with Crippen LogP contribution < -0.4 is 15.4 Å². The number of nitrogens with one attached hydrogen (secondary N) is 3. The summed E-state index contributed by atoms with van der Waals surface area (Å²) in [4.78, 5) is 12.3. The monoisotopic (exact) mass is 492 g/mol. The van der Waals surface area contributed by atoms with Crippen molar-refractivity contribution in [3.05, 3.63) is 90.1 Å². The molecule has 2 aromatic heterocycles. The van der Waals surface area contributed by atoms with E-state index in [1.807, 2.05) is 36.4 Å². The molecule has 0 spiro atoms. The molecule has 0 saturated heterocycles. The molecule has 0 bridgehead atoms. The number of hydrogen-bond donors (Lipinski definition) is 3. The van der Waals surface area contributed by atoms with E-state index in [2.05, 4.69) is 30.3 Å². The quantitative estimate of drug-likeness (QED) is 0.320. The smallest absolute Gasteiger partial charge is 0.240 e. The number of rotatable bonds is 9. The van der Waals surface area contributed by atoms with Crippen LogP contribution in [0.3, 0.4) is 0 Å². The van der Waals surface area contributed by atoms with E-state index < -0.39 is 15.8 Å². The van der Waals surface area contributed by atoms with Crippen LogP contribution in [0, 0.1) is 12.7 Å². The summed E-state index contributed by atoms with van der Waals surface area (Å²) >= 11 is 0. The minimum atomic E-state index is -3.62. The first-order valence-electron chi connectivity index (χ1n) is 10.9. The van der Waals surface area contributed by atoms with Crippen LogP contribution in [0.25, 0.3) is 11.1 Å². The Balaban J connectivity index is 1.41. The van der Waals surface area contributed by atoms with Gasteiger partial charge in [-0.3, -0.25) is 4.98 Å². The van der Waals surface area contributed by atoms with E-state index >= 15 is 0 Å². The highest BCUT2D eigenvalue weighted by molar-refractivity contribution is 7.89. The molecule has 35 heavy (non-hydrogen) atoms. The predicted octanol–water partition coefficient (Wildman–Crippen LogP) is 4.29. The zero-order chi connectivity index (χ0) is 24.8. The molecule has 180 valence electrons. The fourth-order valence-corrected chi connectivity index (χ4v) is 4.49. The zero-order valence-corrected chi connectivity index (χ0v) is 20.1. The second-order valence-electron chi connectivity index (χ2n) is 7.81. The third-order valence-corrected chi connectivity index (χ3v) is 6.98. The van der Waals surface area contributed by atoms with E-state index in [9.17, 15) is 12.8 Å².